The average molecular weight is 299 g/mol. The van der Waals surface area contributed by atoms with E-state index in [0.29, 0.717) is 6.07 Å². The van der Waals surface area contributed by atoms with Crippen molar-refractivity contribution >= 4 is 23.3 Å². The standard InChI is InChI=1S/C12H14FN3O5/c1-14-11(17)3-4-15(2)10-5-7(12(18)19)9(16(20)21)6-8(10)13/h5-6H,3-4H2,1-2H3,(H,14,17)(H,18,19). The third kappa shape index (κ3) is 3.88. The number of nitro groups is 1. The van der Waals surface area contributed by atoms with Gasteiger partial charge in [-0.1, -0.05) is 0 Å². The Morgan fingerprint density at radius 3 is 2.57 bits per heavy atom. The number of benzene rings is 1. The molecule has 0 saturated heterocycles. The molecule has 1 aromatic carbocycles. The van der Waals surface area contributed by atoms with E-state index in [1.54, 1.807) is 0 Å². The Kier molecular flexibility index (Phi) is 5.17. The van der Waals surface area contributed by atoms with E-state index in [1.807, 2.05) is 0 Å². The van der Waals surface area contributed by atoms with E-state index in [0.717, 1.165) is 6.07 Å². The second-order valence-corrected chi connectivity index (χ2v) is 4.23. The number of carbonyl (C=O) groups excluding carboxylic acids is 1. The van der Waals surface area contributed by atoms with Crippen LogP contribution in [-0.4, -0.2) is 42.5 Å². The van der Waals surface area contributed by atoms with E-state index in [4.69, 9.17) is 5.11 Å². The highest BCUT2D eigenvalue weighted by Crippen LogP contribution is 2.28. The molecule has 0 radical (unpaired) electrons. The van der Waals surface area contributed by atoms with Gasteiger partial charge in [0, 0.05) is 27.1 Å². The molecule has 0 unspecified atom stereocenters. The Hall–Kier alpha value is -2.71. The summed E-state index contributed by atoms with van der Waals surface area (Å²) >= 11 is 0. The van der Waals surface area contributed by atoms with Crippen molar-refractivity contribution in [3.05, 3.63) is 33.6 Å². The monoisotopic (exact) mass is 299 g/mol. The van der Waals surface area contributed by atoms with Gasteiger partial charge < -0.3 is 15.3 Å². The zero-order chi connectivity index (χ0) is 16.2. The molecule has 0 spiro atoms. The molecular formula is C12H14FN3O5. The average Bonchev–Trinajstić information content (AvgIpc) is 2.43. The fraction of sp³-hybridized carbons (Fsp3) is 0.333. The minimum absolute atomic E-state index is 0.0752. The molecule has 0 atom stereocenters. The van der Waals surface area contributed by atoms with Crippen LogP contribution in [0.5, 0.6) is 0 Å². The molecule has 0 saturated carbocycles. The molecule has 21 heavy (non-hydrogen) atoms. The number of aromatic carboxylic acids is 1. The maximum absolute atomic E-state index is 13.9. The van der Waals surface area contributed by atoms with Gasteiger partial charge in [-0.05, 0) is 6.07 Å². The molecule has 0 aliphatic carbocycles. The zero-order valence-electron chi connectivity index (χ0n) is 11.4. The summed E-state index contributed by atoms with van der Waals surface area (Å²) in [6.07, 6.45) is 0.0752. The predicted octanol–water partition coefficient (Wildman–Crippen LogP) is 1.00. The van der Waals surface area contributed by atoms with E-state index in [2.05, 4.69) is 5.32 Å². The van der Waals surface area contributed by atoms with Crippen molar-refractivity contribution in [1.29, 1.82) is 0 Å². The number of halogens is 1. The van der Waals surface area contributed by atoms with E-state index in [1.165, 1.54) is 19.0 Å². The first-order chi connectivity index (χ1) is 9.77. The number of nitro benzene ring substituents is 1. The van der Waals surface area contributed by atoms with Gasteiger partial charge in [-0.25, -0.2) is 9.18 Å². The first-order valence-electron chi connectivity index (χ1n) is 5.90. The molecule has 0 aromatic heterocycles. The van der Waals surface area contributed by atoms with Crippen LogP contribution in [-0.2, 0) is 4.79 Å². The lowest BCUT2D eigenvalue weighted by molar-refractivity contribution is -0.385. The van der Waals surface area contributed by atoms with Crippen LogP contribution >= 0.6 is 0 Å². The van der Waals surface area contributed by atoms with Crippen LogP contribution in [0.4, 0.5) is 15.8 Å². The lowest BCUT2D eigenvalue weighted by Crippen LogP contribution is -2.27. The van der Waals surface area contributed by atoms with Crippen molar-refractivity contribution in [3.8, 4) is 0 Å². The Bertz CT molecular complexity index is 591. The molecule has 0 fully saturated rings. The third-order valence-electron chi connectivity index (χ3n) is 2.86. The van der Waals surface area contributed by atoms with Crippen LogP contribution in [0.2, 0.25) is 0 Å². The number of amides is 1. The summed E-state index contributed by atoms with van der Waals surface area (Å²) in [6, 6.07) is 1.45. The molecular weight excluding hydrogens is 285 g/mol. The highest BCUT2D eigenvalue weighted by molar-refractivity contribution is 5.93. The van der Waals surface area contributed by atoms with E-state index >= 15 is 0 Å². The molecule has 1 amide bonds. The first kappa shape index (κ1) is 16.3. The van der Waals surface area contributed by atoms with Crippen LogP contribution in [0.15, 0.2) is 12.1 Å². The number of carboxylic acids is 1. The van der Waals surface area contributed by atoms with Crippen molar-refractivity contribution in [1.82, 2.24) is 5.32 Å². The van der Waals surface area contributed by atoms with Crippen molar-refractivity contribution in [3.63, 3.8) is 0 Å². The highest BCUT2D eigenvalue weighted by atomic mass is 19.1. The van der Waals surface area contributed by atoms with Gasteiger partial charge in [-0.2, -0.15) is 0 Å². The summed E-state index contributed by atoms with van der Waals surface area (Å²) < 4.78 is 13.9. The van der Waals surface area contributed by atoms with Crippen molar-refractivity contribution in [2.45, 2.75) is 6.42 Å². The van der Waals surface area contributed by atoms with Gasteiger partial charge in [-0.3, -0.25) is 14.9 Å². The SMILES string of the molecule is CNC(=O)CCN(C)c1cc(C(=O)O)c([N+](=O)[O-])cc1F. The van der Waals surface area contributed by atoms with Gasteiger partial charge in [0.2, 0.25) is 5.91 Å². The Morgan fingerprint density at radius 2 is 2.10 bits per heavy atom. The van der Waals surface area contributed by atoms with Crippen molar-refractivity contribution in [2.24, 2.45) is 0 Å². The molecule has 0 aliphatic heterocycles. The summed E-state index contributed by atoms with van der Waals surface area (Å²) in [5.74, 6) is -2.71. The normalized spacial score (nSPS) is 10.0. The molecule has 114 valence electrons. The molecule has 1 aromatic rings. The van der Waals surface area contributed by atoms with Crippen LogP contribution in [0.25, 0.3) is 0 Å². The maximum Gasteiger partial charge on any atom is 0.342 e. The number of hydrogen-bond donors (Lipinski definition) is 2. The smallest absolute Gasteiger partial charge is 0.342 e. The summed E-state index contributed by atoms with van der Waals surface area (Å²) in [6.45, 7) is 0.132. The maximum atomic E-state index is 13.9. The molecule has 9 heteroatoms. The topological polar surface area (TPSA) is 113 Å². The quantitative estimate of drug-likeness (QED) is 0.598. The molecule has 0 aliphatic rings. The Morgan fingerprint density at radius 1 is 1.48 bits per heavy atom. The third-order valence-corrected chi connectivity index (χ3v) is 2.86. The summed E-state index contributed by atoms with van der Waals surface area (Å²) in [7, 11) is 2.91. The Labute approximate surface area is 119 Å². The fourth-order valence-corrected chi connectivity index (χ4v) is 1.68. The van der Waals surface area contributed by atoms with Crippen molar-refractivity contribution < 1.29 is 24.0 Å². The number of hydrogen-bond acceptors (Lipinski definition) is 5. The van der Waals surface area contributed by atoms with Gasteiger partial charge in [0.1, 0.15) is 5.56 Å². The highest BCUT2D eigenvalue weighted by Gasteiger charge is 2.24. The van der Waals surface area contributed by atoms with Crippen LogP contribution in [0.1, 0.15) is 16.8 Å². The molecule has 0 bridgehead atoms. The summed E-state index contributed by atoms with van der Waals surface area (Å²) in [5, 5.41) is 22.1. The second kappa shape index (κ2) is 6.64. The summed E-state index contributed by atoms with van der Waals surface area (Å²) in [5.41, 5.74) is -1.55. The van der Waals surface area contributed by atoms with Crippen LogP contribution in [0.3, 0.4) is 0 Å². The van der Waals surface area contributed by atoms with Crippen LogP contribution in [0, 0.1) is 15.9 Å². The first-order valence-corrected chi connectivity index (χ1v) is 5.90. The minimum Gasteiger partial charge on any atom is -0.477 e. The largest absolute Gasteiger partial charge is 0.477 e. The number of nitrogens with zero attached hydrogens (tertiary/aromatic N) is 2. The number of nitrogens with one attached hydrogen (secondary N) is 1. The number of carboxylic acid groups (broad SMARTS) is 1. The minimum atomic E-state index is -1.53. The van der Waals surface area contributed by atoms with Crippen molar-refractivity contribution in [2.75, 3.05) is 25.5 Å². The van der Waals surface area contributed by atoms with Gasteiger partial charge in [0.25, 0.3) is 5.69 Å². The Balaban J connectivity index is 3.13. The number of carbonyl (C=O) groups is 2. The van der Waals surface area contributed by atoms with E-state index in [9.17, 15) is 24.1 Å². The van der Waals surface area contributed by atoms with Gasteiger partial charge >= 0.3 is 5.97 Å². The lowest BCUT2D eigenvalue weighted by Gasteiger charge is -2.19. The molecule has 1 rings (SSSR count). The van der Waals surface area contributed by atoms with E-state index in [-0.39, 0.29) is 24.6 Å². The fourth-order valence-electron chi connectivity index (χ4n) is 1.68. The number of rotatable bonds is 6. The lowest BCUT2D eigenvalue weighted by atomic mass is 10.1. The molecule has 0 heterocycles. The zero-order valence-corrected chi connectivity index (χ0v) is 11.4. The van der Waals surface area contributed by atoms with Crippen LogP contribution < -0.4 is 10.2 Å². The predicted molar refractivity (Wildman–Crippen MR) is 72.0 cm³/mol. The summed E-state index contributed by atoms with van der Waals surface area (Å²) in [4.78, 5) is 33.2. The number of anilines is 1. The molecule has 8 nitrogen and oxygen atoms in total. The van der Waals surface area contributed by atoms with Gasteiger partial charge in [0.15, 0.2) is 5.82 Å². The van der Waals surface area contributed by atoms with Gasteiger partial charge in [0.05, 0.1) is 16.7 Å². The molecule has 2 N–H and O–H groups in total. The second-order valence-electron chi connectivity index (χ2n) is 4.23. The van der Waals surface area contributed by atoms with Gasteiger partial charge in [-0.15, -0.1) is 0 Å². The van der Waals surface area contributed by atoms with E-state index < -0.39 is 28.0 Å².